The number of rotatable bonds is 4. The number of hydrogen-bond donors (Lipinski definition) is 1. The number of aryl methyl sites for hydroxylation is 2. The predicted molar refractivity (Wildman–Crippen MR) is 91.9 cm³/mol. The van der Waals surface area contributed by atoms with E-state index >= 15 is 0 Å². The molecule has 0 saturated heterocycles. The summed E-state index contributed by atoms with van der Waals surface area (Å²) in [5.74, 6) is 1.41. The largest absolute Gasteiger partial charge is 0.493 e. The van der Waals surface area contributed by atoms with Crippen molar-refractivity contribution < 1.29 is 9.47 Å². The summed E-state index contributed by atoms with van der Waals surface area (Å²) in [5, 5.41) is 4.26. The number of nitrogens with zero attached hydrogens (tertiary/aromatic N) is 1. The normalized spacial score (nSPS) is 10.7. The summed E-state index contributed by atoms with van der Waals surface area (Å²) in [6.45, 7) is 4.17. The van der Waals surface area contributed by atoms with Gasteiger partial charge in [-0.25, -0.2) is 4.98 Å². The van der Waals surface area contributed by atoms with E-state index in [1.54, 1.807) is 25.6 Å². The van der Waals surface area contributed by atoms with Gasteiger partial charge in [-0.2, -0.15) is 0 Å². The van der Waals surface area contributed by atoms with Gasteiger partial charge in [0.1, 0.15) is 0 Å². The van der Waals surface area contributed by atoms with Crippen LogP contribution in [0.25, 0.3) is 10.2 Å². The zero-order valence-corrected chi connectivity index (χ0v) is 13.9. The first-order valence-corrected chi connectivity index (χ1v) is 7.79. The molecular formula is C17H18N2O2S. The summed E-state index contributed by atoms with van der Waals surface area (Å²) in [5.41, 5.74) is 4.39. The first kappa shape index (κ1) is 14.7. The van der Waals surface area contributed by atoms with Crippen LogP contribution in [-0.4, -0.2) is 19.2 Å². The van der Waals surface area contributed by atoms with Crippen LogP contribution in [-0.2, 0) is 0 Å². The maximum Gasteiger partial charge on any atom is 0.188 e. The van der Waals surface area contributed by atoms with Gasteiger partial charge in [-0.05, 0) is 31.0 Å². The summed E-state index contributed by atoms with van der Waals surface area (Å²) >= 11 is 1.60. The third kappa shape index (κ3) is 2.72. The first-order valence-electron chi connectivity index (χ1n) is 6.97. The third-order valence-corrected chi connectivity index (χ3v) is 4.46. The standard InChI is InChI=1S/C17H18N2O2S/c1-10-5-6-11(2)12(7-10)18-17-19-13-8-14(20-3)15(21-4)9-16(13)22-17/h5-9H,1-4H3,(H,18,19). The summed E-state index contributed by atoms with van der Waals surface area (Å²) in [6.07, 6.45) is 0. The molecule has 0 bridgehead atoms. The van der Waals surface area contributed by atoms with E-state index in [0.29, 0.717) is 5.75 Å². The Balaban J connectivity index is 2.00. The fourth-order valence-corrected chi connectivity index (χ4v) is 3.18. The smallest absolute Gasteiger partial charge is 0.188 e. The lowest BCUT2D eigenvalue weighted by Crippen LogP contribution is -1.93. The number of anilines is 2. The lowest BCUT2D eigenvalue weighted by atomic mass is 10.1. The molecule has 1 aromatic heterocycles. The quantitative estimate of drug-likeness (QED) is 0.759. The second-order valence-electron chi connectivity index (χ2n) is 5.14. The van der Waals surface area contributed by atoms with Gasteiger partial charge in [-0.3, -0.25) is 0 Å². The van der Waals surface area contributed by atoms with E-state index in [-0.39, 0.29) is 0 Å². The van der Waals surface area contributed by atoms with E-state index in [1.807, 2.05) is 12.1 Å². The van der Waals surface area contributed by atoms with Gasteiger partial charge in [0.2, 0.25) is 0 Å². The molecule has 0 aliphatic carbocycles. The Hall–Kier alpha value is -2.27. The van der Waals surface area contributed by atoms with Crippen LogP contribution in [0.3, 0.4) is 0 Å². The van der Waals surface area contributed by atoms with Crippen LogP contribution in [0.2, 0.25) is 0 Å². The topological polar surface area (TPSA) is 43.4 Å². The van der Waals surface area contributed by atoms with E-state index in [0.717, 1.165) is 26.8 Å². The molecule has 0 spiro atoms. The number of methoxy groups -OCH3 is 2. The van der Waals surface area contributed by atoms with Crippen molar-refractivity contribution in [2.24, 2.45) is 0 Å². The van der Waals surface area contributed by atoms with E-state index in [1.165, 1.54) is 11.1 Å². The fourth-order valence-electron chi connectivity index (χ4n) is 2.29. The summed E-state index contributed by atoms with van der Waals surface area (Å²) in [4.78, 5) is 4.63. The zero-order valence-electron chi connectivity index (χ0n) is 13.1. The van der Waals surface area contributed by atoms with Crippen LogP contribution in [0.15, 0.2) is 30.3 Å². The van der Waals surface area contributed by atoms with Crippen molar-refractivity contribution in [2.75, 3.05) is 19.5 Å². The van der Waals surface area contributed by atoms with E-state index in [4.69, 9.17) is 9.47 Å². The lowest BCUT2D eigenvalue weighted by molar-refractivity contribution is 0.356. The van der Waals surface area contributed by atoms with Gasteiger partial charge in [-0.1, -0.05) is 23.5 Å². The Labute approximate surface area is 133 Å². The highest BCUT2D eigenvalue weighted by Crippen LogP contribution is 2.37. The number of thiazole rings is 1. The van der Waals surface area contributed by atoms with Crippen LogP contribution in [0.4, 0.5) is 10.8 Å². The molecule has 0 amide bonds. The molecule has 22 heavy (non-hydrogen) atoms. The highest BCUT2D eigenvalue weighted by atomic mass is 32.1. The minimum Gasteiger partial charge on any atom is -0.493 e. The predicted octanol–water partition coefficient (Wildman–Crippen LogP) is 4.67. The third-order valence-electron chi connectivity index (χ3n) is 3.53. The van der Waals surface area contributed by atoms with Crippen molar-refractivity contribution in [1.29, 1.82) is 0 Å². The average molecular weight is 314 g/mol. The van der Waals surface area contributed by atoms with Crippen LogP contribution >= 0.6 is 11.3 Å². The Morgan fingerprint density at radius 2 is 1.73 bits per heavy atom. The number of hydrogen-bond acceptors (Lipinski definition) is 5. The van der Waals surface area contributed by atoms with Gasteiger partial charge in [0, 0.05) is 17.8 Å². The monoisotopic (exact) mass is 314 g/mol. The molecule has 0 fully saturated rings. The molecule has 0 unspecified atom stereocenters. The maximum atomic E-state index is 5.34. The Morgan fingerprint density at radius 1 is 1.00 bits per heavy atom. The zero-order chi connectivity index (χ0) is 15.7. The molecule has 0 saturated carbocycles. The number of aromatic nitrogens is 1. The van der Waals surface area contributed by atoms with E-state index < -0.39 is 0 Å². The van der Waals surface area contributed by atoms with Gasteiger partial charge in [-0.15, -0.1) is 0 Å². The molecule has 114 valence electrons. The lowest BCUT2D eigenvalue weighted by Gasteiger charge is -2.07. The van der Waals surface area contributed by atoms with Gasteiger partial charge < -0.3 is 14.8 Å². The van der Waals surface area contributed by atoms with E-state index in [9.17, 15) is 0 Å². The Morgan fingerprint density at radius 3 is 2.45 bits per heavy atom. The Kier molecular flexibility index (Phi) is 3.90. The van der Waals surface area contributed by atoms with Crippen LogP contribution in [0.5, 0.6) is 11.5 Å². The highest BCUT2D eigenvalue weighted by molar-refractivity contribution is 7.22. The van der Waals surface area contributed by atoms with Crippen molar-refractivity contribution in [2.45, 2.75) is 13.8 Å². The van der Waals surface area contributed by atoms with Crippen molar-refractivity contribution in [3.8, 4) is 11.5 Å². The molecular weight excluding hydrogens is 296 g/mol. The summed E-state index contributed by atoms with van der Waals surface area (Å²) in [7, 11) is 3.27. The average Bonchev–Trinajstić information content (AvgIpc) is 2.90. The number of fused-ring (bicyclic) bond motifs is 1. The van der Waals surface area contributed by atoms with E-state index in [2.05, 4.69) is 42.3 Å². The van der Waals surface area contributed by atoms with Gasteiger partial charge >= 0.3 is 0 Å². The number of ether oxygens (including phenoxy) is 2. The number of benzene rings is 2. The Bertz CT molecular complexity index is 786. The molecule has 4 nitrogen and oxygen atoms in total. The van der Waals surface area contributed by atoms with Gasteiger partial charge in [0.25, 0.3) is 0 Å². The second-order valence-corrected chi connectivity index (χ2v) is 6.17. The molecule has 1 N–H and O–H groups in total. The minimum absolute atomic E-state index is 0.693. The summed E-state index contributed by atoms with van der Waals surface area (Å²) < 4.78 is 11.7. The van der Waals surface area contributed by atoms with Crippen LogP contribution in [0.1, 0.15) is 11.1 Å². The molecule has 0 aliphatic heterocycles. The van der Waals surface area contributed by atoms with Crippen molar-refractivity contribution in [3.05, 3.63) is 41.5 Å². The van der Waals surface area contributed by atoms with Crippen molar-refractivity contribution in [1.82, 2.24) is 4.98 Å². The first-order chi connectivity index (χ1) is 10.6. The molecule has 0 aliphatic rings. The second kappa shape index (κ2) is 5.85. The summed E-state index contributed by atoms with van der Waals surface area (Å²) in [6, 6.07) is 10.2. The van der Waals surface area contributed by atoms with Crippen molar-refractivity contribution in [3.63, 3.8) is 0 Å². The molecule has 3 rings (SSSR count). The molecule has 5 heteroatoms. The SMILES string of the molecule is COc1cc2nc(Nc3cc(C)ccc3C)sc2cc1OC. The van der Waals surface area contributed by atoms with Crippen molar-refractivity contribution >= 4 is 32.4 Å². The molecule has 2 aromatic carbocycles. The van der Waals surface area contributed by atoms with Crippen LogP contribution < -0.4 is 14.8 Å². The van der Waals surface area contributed by atoms with Gasteiger partial charge in [0.15, 0.2) is 16.6 Å². The highest BCUT2D eigenvalue weighted by Gasteiger charge is 2.11. The molecule has 0 atom stereocenters. The molecule has 0 radical (unpaired) electrons. The molecule has 3 aromatic rings. The van der Waals surface area contributed by atoms with Crippen LogP contribution in [0, 0.1) is 13.8 Å². The molecule has 1 heterocycles. The fraction of sp³-hybridized carbons (Fsp3) is 0.235. The minimum atomic E-state index is 0.693. The van der Waals surface area contributed by atoms with Gasteiger partial charge in [0.05, 0.1) is 24.4 Å². The maximum absolute atomic E-state index is 5.34. The number of nitrogens with one attached hydrogen (secondary N) is 1.